The third-order valence-corrected chi connectivity index (χ3v) is 3.55. The van der Waals surface area contributed by atoms with E-state index in [0.29, 0.717) is 18.5 Å². The molecule has 19 heavy (non-hydrogen) atoms. The van der Waals surface area contributed by atoms with E-state index in [9.17, 15) is 5.11 Å². The lowest BCUT2D eigenvalue weighted by atomic mass is 10.1. The first-order chi connectivity index (χ1) is 9.33. The van der Waals surface area contributed by atoms with E-state index in [1.165, 1.54) is 0 Å². The van der Waals surface area contributed by atoms with E-state index in [1.54, 1.807) is 6.07 Å². The summed E-state index contributed by atoms with van der Waals surface area (Å²) in [6.45, 7) is 1.45. The first kappa shape index (κ1) is 12.3. The molecular weight excluding hydrogens is 240 g/mol. The quantitative estimate of drug-likeness (QED) is 0.912. The number of hydrogen-bond donors (Lipinski definition) is 1. The van der Waals surface area contributed by atoms with Crippen LogP contribution in [0, 0.1) is 0 Å². The summed E-state index contributed by atoms with van der Waals surface area (Å²) in [5, 5.41) is 12.0. The molecule has 1 aliphatic rings. The molecule has 0 aliphatic carbocycles. The van der Waals surface area contributed by atoms with Gasteiger partial charge in [0.2, 0.25) is 0 Å². The van der Waals surface area contributed by atoms with Crippen LogP contribution in [0.2, 0.25) is 0 Å². The Bertz CT molecular complexity index is 559. The van der Waals surface area contributed by atoms with Gasteiger partial charge in [-0.25, -0.2) is 0 Å². The standard InChI is InChI=1S/C16H18O3/c17-15-10-12-4-1-2-5-13(12)11-16(15)19-9-7-14-6-3-8-18-14/h1-2,4-5,10-11,14,17H,3,6-9H2. The highest BCUT2D eigenvalue weighted by Gasteiger charge is 2.15. The Kier molecular flexibility index (Phi) is 3.56. The second-order valence-corrected chi connectivity index (χ2v) is 4.94. The number of phenolic OH excluding ortho intramolecular Hbond substituents is 1. The summed E-state index contributed by atoms with van der Waals surface area (Å²) in [5.74, 6) is 0.753. The van der Waals surface area contributed by atoms with Crippen LogP contribution in [0.1, 0.15) is 19.3 Å². The summed E-state index contributed by atoms with van der Waals surface area (Å²) >= 11 is 0. The van der Waals surface area contributed by atoms with Crippen molar-refractivity contribution in [3.05, 3.63) is 36.4 Å². The molecule has 1 heterocycles. The van der Waals surface area contributed by atoms with Crippen LogP contribution < -0.4 is 4.74 Å². The summed E-state index contributed by atoms with van der Waals surface area (Å²) in [5.41, 5.74) is 0. The largest absolute Gasteiger partial charge is 0.504 e. The van der Waals surface area contributed by atoms with E-state index < -0.39 is 0 Å². The first-order valence-corrected chi connectivity index (χ1v) is 6.79. The molecule has 0 spiro atoms. The maximum atomic E-state index is 9.94. The van der Waals surface area contributed by atoms with Crippen LogP contribution in [0.4, 0.5) is 0 Å². The fraction of sp³-hybridized carbons (Fsp3) is 0.375. The van der Waals surface area contributed by atoms with Crippen molar-refractivity contribution in [3.8, 4) is 11.5 Å². The summed E-state index contributed by atoms with van der Waals surface area (Å²) in [7, 11) is 0. The van der Waals surface area contributed by atoms with Crippen molar-refractivity contribution in [2.75, 3.05) is 13.2 Å². The molecule has 3 nitrogen and oxygen atoms in total. The van der Waals surface area contributed by atoms with Gasteiger partial charge in [-0.05, 0) is 35.7 Å². The Labute approximate surface area is 112 Å². The number of hydrogen-bond acceptors (Lipinski definition) is 3. The Morgan fingerprint density at radius 3 is 2.74 bits per heavy atom. The molecule has 1 N–H and O–H groups in total. The topological polar surface area (TPSA) is 38.7 Å². The molecule has 3 rings (SSSR count). The molecular formula is C16H18O3. The lowest BCUT2D eigenvalue weighted by molar-refractivity contribution is 0.0899. The number of phenols is 1. The number of rotatable bonds is 4. The van der Waals surface area contributed by atoms with Crippen molar-refractivity contribution in [1.29, 1.82) is 0 Å². The predicted octanol–water partition coefficient (Wildman–Crippen LogP) is 3.49. The summed E-state index contributed by atoms with van der Waals surface area (Å²) in [4.78, 5) is 0. The highest BCUT2D eigenvalue weighted by Crippen LogP contribution is 2.31. The van der Waals surface area contributed by atoms with Crippen LogP contribution in [0.15, 0.2) is 36.4 Å². The van der Waals surface area contributed by atoms with Crippen molar-refractivity contribution in [2.45, 2.75) is 25.4 Å². The Morgan fingerprint density at radius 1 is 1.21 bits per heavy atom. The molecule has 1 atom stereocenters. The average molecular weight is 258 g/mol. The molecule has 2 aromatic rings. The number of benzene rings is 2. The van der Waals surface area contributed by atoms with Crippen LogP contribution in [0.25, 0.3) is 10.8 Å². The molecule has 0 radical (unpaired) electrons. The molecule has 1 unspecified atom stereocenters. The van der Waals surface area contributed by atoms with Gasteiger partial charge in [0.15, 0.2) is 11.5 Å². The van der Waals surface area contributed by atoms with Crippen LogP contribution in [0.5, 0.6) is 11.5 Å². The lowest BCUT2D eigenvalue weighted by Gasteiger charge is -2.12. The zero-order valence-corrected chi connectivity index (χ0v) is 10.8. The minimum Gasteiger partial charge on any atom is -0.504 e. The van der Waals surface area contributed by atoms with Crippen LogP contribution in [-0.2, 0) is 4.74 Å². The second-order valence-electron chi connectivity index (χ2n) is 4.94. The van der Waals surface area contributed by atoms with E-state index in [-0.39, 0.29) is 5.75 Å². The fourth-order valence-electron chi connectivity index (χ4n) is 2.50. The van der Waals surface area contributed by atoms with Crippen molar-refractivity contribution in [1.82, 2.24) is 0 Å². The Balaban J connectivity index is 1.67. The smallest absolute Gasteiger partial charge is 0.161 e. The van der Waals surface area contributed by atoms with Gasteiger partial charge in [-0.1, -0.05) is 24.3 Å². The average Bonchev–Trinajstić information content (AvgIpc) is 2.92. The van der Waals surface area contributed by atoms with E-state index >= 15 is 0 Å². The van der Waals surface area contributed by atoms with Gasteiger partial charge in [-0.2, -0.15) is 0 Å². The minimum atomic E-state index is 0.200. The first-order valence-electron chi connectivity index (χ1n) is 6.79. The van der Waals surface area contributed by atoms with Gasteiger partial charge in [-0.3, -0.25) is 0 Å². The summed E-state index contributed by atoms with van der Waals surface area (Å²) in [6.07, 6.45) is 3.47. The van der Waals surface area contributed by atoms with Crippen molar-refractivity contribution < 1.29 is 14.6 Å². The second kappa shape index (κ2) is 5.49. The highest BCUT2D eigenvalue weighted by atomic mass is 16.5. The van der Waals surface area contributed by atoms with Crippen molar-refractivity contribution >= 4 is 10.8 Å². The zero-order valence-electron chi connectivity index (χ0n) is 10.8. The number of aromatic hydroxyl groups is 1. The molecule has 100 valence electrons. The maximum Gasteiger partial charge on any atom is 0.161 e. The molecule has 0 amide bonds. The molecule has 0 aromatic heterocycles. The SMILES string of the molecule is Oc1cc2ccccc2cc1OCCC1CCCO1. The summed E-state index contributed by atoms with van der Waals surface area (Å²) in [6, 6.07) is 11.6. The summed E-state index contributed by atoms with van der Waals surface area (Å²) < 4.78 is 11.2. The lowest BCUT2D eigenvalue weighted by Crippen LogP contribution is -2.10. The normalized spacial score (nSPS) is 18.8. The third kappa shape index (κ3) is 2.82. The van der Waals surface area contributed by atoms with Gasteiger partial charge in [0.25, 0.3) is 0 Å². The molecule has 3 heteroatoms. The molecule has 1 aliphatic heterocycles. The Morgan fingerprint density at radius 2 is 2.00 bits per heavy atom. The number of ether oxygens (including phenoxy) is 2. The highest BCUT2D eigenvalue weighted by molar-refractivity contribution is 5.85. The molecule has 1 saturated heterocycles. The fourth-order valence-corrected chi connectivity index (χ4v) is 2.50. The van der Waals surface area contributed by atoms with Crippen molar-refractivity contribution in [3.63, 3.8) is 0 Å². The van der Waals surface area contributed by atoms with E-state index in [0.717, 1.165) is 36.6 Å². The van der Waals surface area contributed by atoms with Gasteiger partial charge in [0.05, 0.1) is 12.7 Å². The Hall–Kier alpha value is -1.74. The molecule has 0 bridgehead atoms. The van der Waals surface area contributed by atoms with Gasteiger partial charge in [0.1, 0.15) is 0 Å². The predicted molar refractivity (Wildman–Crippen MR) is 74.7 cm³/mol. The van der Waals surface area contributed by atoms with Crippen LogP contribution in [-0.4, -0.2) is 24.4 Å². The zero-order chi connectivity index (χ0) is 13.1. The van der Waals surface area contributed by atoms with Crippen LogP contribution in [0.3, 0.4) is 0 Å². The van der Waals surface area contributed by atoms with Gasteiger partial charge < -0.3 is 14.6 Å². The van der Waals surface area contributed by atoms with Crippen molar-refractivity contribution in [2.24, 2.45) is 0 Å². The van der Waals surface area contributed by atoms with Gasteiger partial charge in [0, 0.05) is 13.0 Å². The minimum absolute atomic E-state index is 0.200. The monoisotopic (exact) mass is 258 g/mol. The van der Waals surface area contributed by atoms with Gasteiger partial charge in [-0.15, -0.1) is 0 Å². The van der Waals surface area contributed by atoms with E-state index in [2.05, 4.69) is 0 Å². The van der Waals surface area contributed by atoms with E-state index in [1.807, 2.05) is 30.3 Å². The third-order valence-electron chi connectivity index (χ3n) is 3.55. The molecule has 1 fully saturated rings. The number of fused-ring (bicyclic) bond motifs is 1. The molecule has 0 saturated carbocycles. The molecule has 2 aromatic carbocycles. The maximum absolute atomic E-state index is 9.94. The van der Waals surface area contributed by atoms with Crippen LogP contribution >= 0.6 is 0 Å². The van der Waals surface area contributed by atoms with Gasteiger partial charge >= 0.3 is 0 Å². The van der Waals surface area contributed by atoms with E-state index in [4.69, 9.17) is 9.47 Å².